The number of nitrogens with one attached hydrogen (secondary N) is 1. The Labute approximate surface area is 116 Å². The zero-order valence-corrected chi connectivity index (χ0v) is 12.1. The molecule has 1 aromatic carbocycles. The third-order valence-corrected chi connectivity index (χ3v) is 4.43. The zero-order valence-electron chi connectivity index (χ0n) is 10.4. The lowest BCUT2D eigenvalue weighted by atomic mass is 10.2. The lowest BCUT2D eigenvalue weighted by Gasteiger charge is -2.09. The largest absolute Gasteiger partial charge is 0.331 e. The van der Waals surface area contributed by atoms with Crippen LogP contribution in [0.15, 0.2) is 18.2 Å². The predicted octanol–water partition coefficient (Wildman–Crippen LogP) is 3.71. The maximum atomic E-state index is 8.95. The van der Waals surface area contributed by atoms with Gasteiger partial charge in [0.1, 0.15) is 0 Å². The molecule has 1 N–H and O–H groups in total. The molecule has 0 aliphatic heterocycles. The minimum atomic E-state index is 0.607. The molecule has 0 saturated carbocycles. The summed E-state index contributed by atoms with van der Waals surface area (Å²) in [4.78, 5) is 3.18. The van der Waals surface area contributed by atoms with E-state index in [0.29, 0.717) is 10.8 Å². The van der Waals surface area contributed by atoms with Gasteiger partial charge in [-0.05, 0) is 43.1 Å². The number of aromatic amines is 1. The molecule has 94 valence electrons. The number of fused-ring (bicyclic) bond motifs is 1. The molecule has 2 aromatic rings. The summed E-state index contributed by atoms with van der Waals surface area (Å²) in [7, 11) is 0. The lowest BCUT2D eigenvalue weighted by Crippen LogP contribution is -2.04. The van der Waals surface area contributed by atoms with E-state index in [-0.39, 0.29) is 0 Å². The number of benzene rings is 1. The highest BCUT2D eigenvalue weighted by molar-refractivity contribution is 7.99. The topological polar surface area (TPSA) is 44.5 Å². The van der Waals surface area contributed by atoms with Crippen molar-refractivity contribution in [3.05, 3.63) is 28.5 Å². The van der Waals surface area contributed by atoms with Gasteiger partial charge >= 0.3 is 0 Å². The first-order valence-corrected chi connectivity index (χ1v) is 7.50. The van der Waals surface area contributed by atoms with E-state index in [9.17, 15) is 0 Å². The Balaban J connectivity index is 2.40. The molecule has 0 spiro atoms. The molecule has 0 saturated heterocycles. The highest BCUT2D eigenvalue weighted by Crippen LogP contribution is 2.18. The van der Waals surface area contributed by atoms with Gasteiger partial charge in [0.25, 0.3) is 0 Å². The van der Waals surface area contributed by atoms with Crippen LogP contribution in [0.5, 0.6) is 0 Å². The molecule has 18 heavy (non-hydrogen) atoms. The van der Waals surface area contributed by atoms with E-state index in [1.165, 1.54) is 0 Å². The Hall–Kier alpha value is -1.25. The summed E-state index contributed by atoms with van der Waals surface area (Å²) in [6.07, 6.45) is 3.19. The van der Waals surface area contributed by atoms with Gasteiger partial charge in [-0.3, -0.25) is 0 Å². The molecule has 0 aliphatic carbocycles. The number of imidazole rings is 1. The van der Waals surface area contributed by atoms with Crippen LogP contribution in [0.2, 0.25) is 0 Å². The van der Waals surface area contributed by atoms with Crippen molar-refractivity contribution in [1.82, 2.24) is 9.55 Å². The Kier molecular flexibility index (Phi) is 4.10. The number of aryl methyl sites for hydroxylation is 1. The fraction of sp³-hybridized carbons (Fsp3) is 0.385. The highest BCUT2D eigenvalue weighted by atomic mass is 32.2. The van der Waals surface area contributed by atoms with Gasteiger partial charge < -0.3 is 9.55 Å². The number of rotatable bonds is 4. The van der Waals surface area contributed by atoms with Crippen LogP contribution in [-0.4, -0.2) is 21.1 Å². The minimum Gasteiger partial charge on any atom is -0.331 e. The Bertz CT molecular complexity index is 648. The van der Waals surface area contributed by atoms with Gasteiger partial charge in [-0.15, -0.1) is 0 Å². The third kappa shape index (κ3) is 2.60. The summed E-state index contributed by atoms with van der Waals surface area (Å²) in [5.41, 5.74) is 2.69. The van der Waals surface area contributed by atoms with E-state index in [4.69, 9.17) is 17.5 Å². The van der Waals surface area contributed by atoms with E-state index >= 15 is 0 Å². The second-order valence-electron chi connectivity index (χ2n) is 4.26. The van der Waals surface area contributed by atoms with Crippen molar-refractivity contribution in [2.75, 3.05) is 6.26 Å². The van der Waals surface area contributed by atoms with Gasteiger partial charge in [-0.25, -0.2) is 0 Å². The second kappa shape index (κ2) is 5.59. The van der Waals surface area contributed by atoms with Gasteiger partial charge in [-0.2, -0.15) is 17.0 Å². The number of H-pyrrole nitrogens is 1. The van der Waals surface area contributed by atoms with E-state index < -0.39 is 0 Å². The first-order valence-electron chi connectivity index (χ1n) is 5.81. The maximum Gasteiger partial charge on any atom is 0.178 e. The average molecular weight is 277 g/mol. The third-order valence-electron chi connectivity index (χ3n) is 3.07. The molecule has 0 fully saturated rings. The summed E-state index contributed by atoms with van der Waals surface area (Å²) < 4.78 is 2.81. The molecular formula is C13H15N3S2. The van der Waals surface area contributed by atoms with Crippen LogP contribution in [0.1, 0.15) is 18.9 Å². The maximum absolute atomic E-state index is 8.95. The van der Waals surface area contributed by atoms with Gasteiger partial charge in [0, 0.05) is 11.8 Å². The Morgan fingerprint density at radius 3 is 3.00 bits per heavy atom. The number of thioether (sulfide) groups is 1. The number of nitrogens with zero attached hydrogens (tertiary/aromatic N) is 2. The minimum absolute atomic E-state index is 0.607. The van der Waals surface area contributed by atoms with Gasteiger partial charge in [0.05, 0.1) is 22.7 Å². The highest BCUT2D eigenvalue weighted by Gasteiger charge is 2.07. The van der Waals surface area contributed by atoms with Crippen molar-refractivity contribution in [2.24, 2.45) is 0 Å². The van der Waals surface area contributed by atoms with E-state index in [2.05, 4.69) is 28.8 Å². The molecule has 0 radical (unpaired) electrons. The van der Waals surface area contributed by atoms with Crippen molar-refractivity contribution in [2.45, 2.75) is 25.1 Å². The summed E-state index contributed by atoms with van der Waals surface area (Å²) in [5, 5.41) is 9.56. The molecule has 1 heterocycles. The Morgan fingerprint density at radius 1 is 1.56 bits per heavy atom. The molecular weight excluding hydrogens is 262 g/mol. The summed E-state index contributed by atoms with van der Waals surface area (Å²) in [5.74, 6) is 0. The van der Waals surface area contributed by atoms with Crippen LogP contribution < -0.4 is 0 Å². The summed E-state index contributed by atoms with van der Waals surface area (Å²) in [6.45, 7) is 3.10. The standard InChI is InChI=1S/C13H15N3S2/c1-9(18-2)5-6-16-12-7-10(8-14)3-4-11(12)15-13(16)17/h3-4,7,9H,5-6H2,1-2H3,(H,15,17). The molecule has 0 amide bonds. The predicted molar refractivity (Wildman–Crippen MR) is 79.4 cm³/mol. The van der Waals surface area contributed by atoms with Crippen molar-refractivity contribution in [3.8, 4) is 6.07 Å². The van der Waals surface area contributed by atoms with E-state index in [0.717, 1.165) is 28.8 Å². The quantitative estimate of drug-likeness (QED) is 0.866. The normalized spacial score (nSPS) is 12.5. The van der Waals surface area contributed by atoms with E-state index in [1.54, 1.807) is 0 Å². The van der Waals surface area contributed by atoms with Crippen molar-refractivity contribution < 1.29 is 0 Å². The Morgan fingerprint density at radius 2 is 2.33 bits per heavy atom. The zero-order chi connectivity index (χ0) is 13.1. The van der Waals surface area contributed by atoms with Crippen LogP contribution in [0.3, 0.4) is 0 Å². The molecule has 2 rings (SSSR count). The number of hydrogen-bond acceptors (Lipinski definition) is 3. The summed E-state index contributed by atoms with van der Waals surface area (Å²) in [6, 6.07) is 7.78. The van der Waals surface area contributed by atoms with Crippen LogP contribution in [0.25, 0.3) is 11.0 Å². The average Bonchev–Trinajstić information content (AvgIpc) is 2.70. The van der Waals surface area contributed by atoms with Crippen molar-refractivity contribution >= 4 is 35.0 Å². The molecule has 1 atom stereocenters. The fourth-order valence-corrected chi connectivity index (χ4v) is 2.51. The fourth-order valence-electron chi connectivity index (χ4n) is 1.87. The first kappa shape index (κ1) is 13.2. The van der Waals surface area contributed by atoms with E-state index in [1.807, 2.05) is 30.0 Å². The molecule has 5 heteroatoms. The molecule has 1 aromatic heterocycles. The van der Waals surface area contributed by atoms with Gasteiger partial charge in [0.2, 0.25) is 0 Å². The second-order valence-corrected chi connectivity index (χ2v) is 5.92. The van der Waals surface area contributed by atoms with Crippen molar-refractivity contribution in [3.63, 3.8) is 0 Å². The van der Waals surface area contributed by atoms with Crippen molar-refractivity contribution in [1.29, 1.82) is 5.26 Å². The number of nitriles is 1. The van der Waals surface area contributed by atoms with Crippen LogP contribution >= 0.6 is 24.0 Å². The lowest BCUT2D eigenvalue weighted by molar-refractivity contribution is 0.648. The number of aromatic nitrogens is 2. The van der Waals surface area contributed by atoms with Gasteiger partial charge in [-0.1, -0.05) is 6.92 Å². The number of hydrogen-bond donors (Lipinski definition) is 1. The molecule has 0 aliphatic rings. The molecule has 1 unspecified atom stereocenters. The molecule has 0 bridgehead atoms. The van der Waals surface area contributed by atoms with Crippen LogP contribution in [-0.2, 0) is 6.54 Å². The van der Waals surface area contributed by atoms with Crippen LogP contribution in [0, 0.1) is 16.1 Å². The molecule has 3 nitrogen and oxygen atoms in total. The summed E-state index contributed by atoms with van der Waals surface area (Å²) >= 11 is 7.19. The van der Waals surface area contributed by atoms with Gasteiger partial charge in [0.15, 0.2) is 4.77 Å². The first-order chi connectivity index (χ1) is 8.65. The monoisotopic (exact) mass is 277 g/mol. The SMILES string of the molecule is CSC(C)CCn1c(=S)[nH]c2ccc(C#N)cc21. The smallest absolute Gasteiger partial charge is 0.178 e. The van der Waals surface area contributed by atoms with Crippen LogP contribution in [0.4, 0.5) is 0 Å².